The normalized spacial score (nSPS) is 12.2. The topological polar surface area (TPSA) is 44.8 Å². The van der Waals surface area contributed by atoms with E-state index in [0.29, 0.717) is 22.8 Å². The van der Waals surface area contributed by atoms with Crippen molar-refractivity contribution in [2.75, 3.05) is 13.4 Å². The van der Waals surface area contributed by atoms with Crippen LogP contribution in [0.5, 0.6) is 17.2 Å². The SMILES string of the molecule is CCc1cccc(OCC(=O)c2ccc3c(c2)OCO3)c1. The van der Waals surface area contributed by atoms with E-state index in [0.717, 1.165) is 6.42 Å². The predicted octanol–water partition coefficient (Wildman–Crippen LogP) is 3.24. The number of ketones is 1. The van der Waals surface area contributed by atoms with Crippen LogP contribution in [0.4, 0.5) is 0 Å². The lowest BCUT2D eigenvalue weighted by atomic mass is 10.1. The Balaban J connectivity index is 1.66. The number of Topliss-reactive ketones (excluding diaryl/α,β-unsaturated/α-hetero) is 1. The van der Waals surface area contributed by atoms with Gasteiger partial charge in [0.15, 0.2) is 23.9 Å². The Morgan fingerprint density at radius 1 is 1.14 bits per heavy atom. The van der Waals surface area contributed by atoms with Crippen molar-refractivity contribution in [2.24, 2.45) is 0 Å². The summed E-state index contributed by atoms with van der Waals surface area (Å²) < 4.78 is 16.1. The summed E-state index contributed by atoms with van der Waals surface area (Å²) in [5.74, 6) is 1.90. The monoisotopic (exact) mass is 284 g/mol. The van der Waals surface area contributed by atoms with Gasteiger partial charge in [-0.2, -0.15) is 0 Å². The molecule has 1 aliphatic rings. The third-order valence-electron chi connectivity index (χ3n) is 3.37. The molecule has 2 aromatic carbocycles. The zero-order chi connectivity index (χ0) is 14.7. The molecule has 108 valence electrons. The zero-order valence-electron chi connectivity index (χ0n) is 11.8. The lowest BCUT2D eigenvalue weighted by Crippen LogP contribution is -2.11. The van der Waals surface area contributed by atoms with Crippen LogP contribution in [0.2, 0.25) is 0 Å². The van der Waals surface area contributed by atoms with Crippen molar-refractivity contribution in [3.05, 3.63) is 53.6 Å². The van der Waals surface area contributed by atoms with Gasteiger partial charge in [-0.3, -0.25) is 4.79 Å². The van der Waals surface area contributed by atoms with Crippen LogP contribution >= 0.6 is 0 Å². The second-order valence-corrected chi connectivity index (χ2v) is 4.78. The minimum atomic E-state index is -0.0878. The number of carbonyl (C=O) groups excluding carboxylic acids is 1. The Kier molecular flexibility index (Phi) is 3.77. The number of aryl methyl sites for hydroxylation is 1. The molecule has 0 radical (unpaired) electrons. The Morgan fingerprint density at radius 3 is 2.86 bits per heavy atom. The van der Waals surface area contributed by atoms with Crippen molar-refractivity contribution in [1.29, 1.82) is 0 Å². The van der Waals surface area contributed by atoms with Gasteiger partial charge >= 0.3 is 0 Å². The zero-order valence-corrected chi connectivity index (χ0v) is 11.8. The van der Waals surface area contributed by atoms with Gasteiger partial charge in [0.2, 0.25) is 6.79 Å². The molecule has 3 rings (SSSR count). The number of hydrogen-bond acceptors (Lipinski definition) is 4. The second-order valence-electron chi connectivity index (χ2n) is 4.78. The number of hydrogen-bond donors (Lipinski definition) is 0. The molecule has 0 saturated carbocycles. The van der Waals surface area contributed by atoms with Crippen molar-refractivity contribution in [3.63, 3.8) is 0 Å². The summed E-state index contributed by atoms with van der Waals surface area (Å²) >= 11 is 0. The van der Waals surface area contributed by atoms with E-state index in [2.05, 4.69) is 6.92 Å². The predicted molar refractivity (Wildman–Crippen MR) is 78.2 cm³/mol. The number of rotatable bonds is 5. The molecule has 0 bridgehead atoms. The minimum Gasteiger partial charge on any atom is -0.485 e. The van der Waals surface area contributed by atoms with E-state index in [1.807, 2.05) is 24.3 Å². The summed E-state index contributed by atoms with van der Waals surface area (Å²) in [7, 11) is 0. The van der Waals surface area contributed by atoms with E-state index in [1.165, 1.54) is 5.56 Å². The highest BCUT2D eigenvalue weighted by molar-refractivity contribution is 5.97. The molecule has 4 heteroatoms. The van der Waals surface area contributed by atoms with Gasteiger partial charge in [-0.1, -0.05) is 19.1 Å². The average Bonchev–Trinajstić information content (AvgIpc) is 3.00. The number of carbonyl (C=O) groups is 1. The van der Waals surface area contributed by atoms with Gasteiger partial charge in [-0.25, -0.2) is 0 Å². The summed E-state index contributed by atoms with van der Waals surface area (Å²) in [6.07, 6.45) is 0.938. The molecular weight excluding hydrogens is 268 g/mol. The summed E-state index contributed by atoms with van der Waals surface area (Å²) in [6.45, 7) is 2.29. The molecule has 0 unspecified atom stereocenters. The Hall–Kier alpha value is -2.49. The first-order valence-corrected chi connectivity index (χ1v) is 6.91. The molecule has 4 nitrogen and oxygen atoms in total. The fourth-order valence-electron chi connectivity index (χ4n) is 2.16. The Bertz CT molecular complexity index is 664. The van der Waals surface area contributed by atoms with Crippen LogP contribution in [-0.2, 0) is 6.42 Å². The molecule has 0 amide bonds. The van der Waals surface area contributed by atoms with Crippen LogP contribution in [-0.4, -0.2) is 19.2 Å². The van der Waals surface area contributed by atoms with Gasteiger partial charge in [0.1, 0.15) is 5.75 Å². The number of fused-ring (bicyclic) bond motifs is 1. The maximum atomic E-state index is 12.2. The van der Waals surface area contributed by atoms with E-state index in [4.69, 9.17) is 14.2 Å². The standard InChI is InChI=1S/C17H16O4/c1-2-12-4-3-5-14(8-12)19-10-15(18)13-6-7-16-17(9-13)21-11-20-16/h3-9H,2,10-11H2,1H3. The third kappa shape index (κ3) is 2.99. The van der Waals surface area contributed by atoms with E-state index < -0.39 is 0 Å². The molecule has 0 N–H and O–H groups in total. The van der Waals surface area contributed by atoms with Crippen molar-refractivity contribution in [3.8, 4) is 17.2 Å². The van der Waals surface area contributed by atoms with Crippen LogP contribution in [0.15, 0.2) is 42.5 Å². The fraction of sp³-hybridized carbons (Fsp3) is 0.235. The van der Waals surface area contributed by atoms with Crippen LogP contribution in [0.3, 0.4) is 0 Å². The molecule has 0 atom stereocenters. The highest BCUT2D eigenvalue weighted by Crippen LogP contribution is 2.32. The van der Waals surface area contributed by atoms with Crippen LogP contribution in [0.1, 0.15) is 22.8 Å². The first-order chi connectivity index (χ1) is 10.3. The van der Waals surface area contributed by atoms with Crippen molar-refractivity contribution >= 4 is 5.78 Å². The van der Waals surface area contributed by atoms with Crippen molar-refractivity contribution in [2.45, 2.75) is 13.3 Å². The largest absolute Gasteiger partial charge is 0.485 e. The lowest BCUT2D eigenvalue weighted by molar-refractivity contribution is 0.0921. The van der Waals surface area contributed by atoms with Crippen LogP contribution < -0.4 is 14.2 Å². The van der Waals surface area contributed by atoms with E-state index >= 15 is 0 Å². The molecule has 0 aromatic heterocycles. The lowest BCUT2D eigenvalue weighted by Gasteiger charge is -2.07. The molecule has 1 aliphatic heterocycles. The fourth-order valence-corrected chi connectivity index (χ4v) is 2.16. The molecule has 0 fully saturated rings. The average molecular weight is 284 g/mol. The van der Waals surface area contributed by atoms with Crippen molar-refractivity contribution < 1.29 is 19.0 Å². The highest BCUT2D eigenvalue weighted by atomic mass is 16.7. The van der Waals surface area contributed by atoms with Crippen LogP contribution in [0, 0.1) is 0 Å². The molecule has 0 aliphatic carbocycles. The summed E-state index contributed by atoms with van der Waals surface area (Å²) in [6, 6.07) is 12.9. The van der Waals surface area contributed by atoms with Gasteiger partial charge in [0.25, 0.3) is 0 Å². The van der Waals surface area contributed by atoms with Gasteiger partial charge in [-0.15, -0.1) is 0 Å². The smallest absolute Gasteiger partial charge is 0.231 e. The van der Waals surface area contributed by atoms with Crippen LogP contribution in [0.25, 0.3) is 0 Å². The van der Waals surface area contributed by atoms with E-state index in [-0.39, 0.29) is 19.2 Å². The molecule has 0 saturated heterocycles. The third-order valence-corrected chi connectivity index (χ3v) is 3.37. The molecular formula is C17H16O4. The second kappa shape index (κ2) is 5.87. The number of ether oxygens (including phenoxy) is 3. The maximum absolute atomic E-state index is 12.2. The van der Waals surface area contributed by atoms with Gasteiger partial charge < -0.3 is 14.2 Å². The summed E-state index contributed by atoms with van der Waals surface area (Å²) in [5.41, 5.74) is 1.74. The minimum absolute atomic E-state index is 0.00676. The number of benzene rings is 2. The Morgan fingerprint density at radius 2 is 2.00 bits per heavy atom. The molecule has 0 spiro atoms. The first-order valence-electron chi connectivity index (χ1n) is 6.91. The summed E-state index contributed by atoms with van der Waals surface area (Å²) in [5, 5.41) is 0. The molecule has 1 heterocycles. The van der Waals surface area contributed by atoms with Gasteiger partial charge in [-0.05, 0) is 42.3 Å². The first kappa shape index (κ1) is 13.5. The quantitative estimate of drug-likeness (QED) is 0.791. The van der Waals surface area contributed by atoms with Gasteiger partial charge in [0, 0.05) is 5.56 Å². The van der Waals surface area contributed by atoms with Gasteiger partial charge in [0.05, 0.1) is 0 Å². The summed E-state index contributed by atoms with van der Waals surface area (Å²) in [4.78, 5) is 12.2. The highest BCUT2D eigenvalue weighted by Gasteiger charge is 2.16. The maximum Gasteiger partial charge on any atom is 0.231 e. The molecule has 2 aromatic rings. The Labute approximate surface area is 123 Å². The van der Waals surface area contributed by atoms with E-state index in [1.54, 1.807) is 18.2 Å². The molecule has 21 heavy (non-hydrogen) atoms. The van der Waals surface area contributed by atoms with Crippen molar-refractivity contribution in [1.82, 2.24) is 0 Å². The van der Waals surface area contributed by atoms with E-state index in [9.17, 15) is 4.79 Å².